The molecular weight excluding hydrogens is 372 g/mol. The van der Waals surface area contributed by atoms with Gasteiger partial charge in [-0.15, -0.1) is 0 Å². The van der Waals surface area contributed by atoms with Crippen molar-refractivity contribution in [3.63, 3.8) is 0 Å². The summed E-state index contributed by atoms with van der Waals surface area (Å²) in [5.41, 5.74) is -2.11. The Balaban J connectivity index is 1.71. The van der Waals surface area contributed by atoms with E-state index >= 15 is 0 Å². The quantitative estimate of drug-likeness (QED) is 0.628. The molecule has 3 heterocycles. The third-order valence-electron chi connectivity index (χ3n) is 8.96. The predicted molar refractivity (Wildman–Crippen MR) is 101 cm³/mol. The highest BCUT2D eigenvalue weighted by molar-refractivity contribution is 6.07. The van der Waals surface area contributed by atoms with E-state index in [0.717, 1.165) is 6.42 Å². The number of fused-ring (bicyclic) bond motifs is 1. The maximum atomic E-state index is 13.9. The fraction of sp³-hybridized carbons (Fsp3) is 0.739. The van der Waals surface area contributed by atoms with Crippen LogP contribution >= 0.6 is 0 Å². The van der Waals surface area contributed by atoms with Crippen molar-refractivity contribution < 1.29 is 28.9 Å². The first-order valence-corrected chi connectivity index (χ1v) is 10.6. The molecule has 156 valence electrons. The van der Waals surface area contributed by atoms with E-state index in [-0.39, 0.29) is 30.0 Å². The van der Waals surface area contributed by atoms with Gasteiger partial charge in [0.2, 0.25) is 5.79 Å². The summed E-state index contributed by atoms with van der Waals surface area (Å²) in [6, 6.07) is 0. The molecule has 8 atom stereocenters. The Morgan fingerprint density at radius 2 is 1.90 bits per heavy atom. The average Bonchev–Trinajstić information content (AvgIpc) is 2.75. The highest BCUT2D eigenvalue weighted by Crippen LogP contribution is 2.78. The number of carbonyl (C=O) groups excluding carboxylic acids is 2. The molecule has 3 saturated heterocycles. The summed E-state index contributed by atoms with van der Waals surface area (Å²) in [4.78, 5) is 27.4. The van der Waals surface area contributed by atoms with Gasteiger partial charge in [-0.25, -0.2) is 0 Å². The largest absolute Gasteiger partial charge is 0.387 e. The van der Waals surface area contributed by atoms with Crippen molar-refractivity contribution >= 4 is 11.6 Å². The molecule has 0 unspecified atom stereocenters. The van der Waals surface area contributed by atoms with Gasteiger partial charge in [-0.3, -0.25) is 9.59 Å². The summed E-state index contributed by atoms with van der Waals surface area (Å²) >= 11 is 0. The van der Waals surface area contributed by atoms with E-state index < -0.39 is 45.9 Å². The topological polar surface area (TPSA) is 82.1 Å². The van der Waals surface area contributed by atoms with Crippen LogP contribution in [0.1, 0.15) is 40.5 Å². The molecule has 4 aliphatic carbocycles. The average molecular weight is 400 g/mol. The van der Waals surface area contributed by atoms with Gasteiger partial charge in [0.1, 0.15) is 11.5 Å². The van der Waals surface area contributed by atoms with E-state index in [0.29, 0.717) is 12.0 Å². The van der Waals surface area contributed by atoms with Crippen LogP contribution in [0.15, 0.2) is 24.3 Å². The van der Waals surface area contributed by atoms with Crippen molar-refractivity contribution in [1.82, 2.24) is 0 Å². The molecule has 6 nitrogen and oxygen atoms in total. The van der Waals surface area contributed by atoms with Gasteiger partial charge < -0.3 is 19.3 Å². The van der Waals surface area contributed by atoms with Gasteiger partial charge in [0, 0.05) is 11.8 Å². The van der Waals surface area contributed by atoms with Crippen LogP contribution in [0.25, 0.3) is 0 Å². The third kappa shape index (κ3) is 1.60. The molecule has 6 fully saturated rings. The zero-order chi connectivity index (χ0) is 20.8. The highest BCUT2D eigenvalue weighted by atomic mass is 16.8. The van der Waals surface area contributed by atoms with Crippen molar-refractivity contribution in [3.05, 3.63) is 24.3 Å². The highest BCUT2D eigenvalue weighted by Gasteiger charge is 2.89. The Hall–Kier alpha value is -1.34. The van der Waals surface area contributed by atoms with Gasteiger partial charge in [-0.1, -0.05) is 26.5 Å². The van der Waals surface area contributed by atoms with Gasteiger partial charge >= 0.3 is 0 Å². The van der Waals surface area contributed by atoms with E-state index in [4.69, 9.17) is 14.2 Å². The fourth-order valence-electron chi connectivity index (χ4n) is 8.23. The van der Waals surface area contributed by atoms with E-state index in [1.807, 2.05) is 19.9 Å². The Morgan fingerprint density at radius 3 is 2.62 bits per heavy atom. The van der Waals surface area contributed by atoms with Crippen molar-refractivity contribution in [2.75, 3.05) is 6.61 Å². The molecule has 0 aromatic rings. The van der Waals surface area contributed by atoms with Crippen LogP contribution in [0, 0.1) is 34.0 Å². The summed E-state index contributed by atoms with van der Waals surface area (Å²) < 4.78 is 19.1. The second-order valence-corrected chi connectivity index (χ2v) is 10.9. The minimum Gasteiger partial charge on any atom is -0.387 e. The molecule has 6 heteroatoms. The summed E-state index contributed by atoms with van der Waals surface area (Å²) in [6.45, 7) is 11.9. The Morgan fingerprint density at radius 1 is 1.17 bits per heavy atom. The zero-order valence-electron chi connectivity index (χ0n) is 17.4. The molecule has 3 aliphatic heterocycles. The second kappa shape index (κ2) is 4.77. The number of rotatable bonds is 0. The Labute approximate surface area is 170 Å². The van der Waals surface area contributed by atoms with Crippen molar-refractivity contribution in [3.8, 4) is 0 Å². The Bertz CT molecular complexity index is 916. The van der Waals surface area contributed by atoms with Gasteiger partial charge in [-0.05, 0) is 49.7 Å². The minimum absolute atomic E-state index is 0.0547. The summed E-state index contributed by atoms with van der Waals surface area (Å²) in [7, 11) is 0. The van der Waals surface area contributed by atoms with Crippen molar-refractivity contribution in [1.29, 1.82) is 0 Å². The first-order chi connectivity index (χ1) is 13.5. The molecule has 7 aliphatic rings. The van der Waals surface area contributed by atoms with Crippen LogP contribution in [-0.4, -0.2) is 47.1 Å². The zero-order valence-corrected chi connectivity index (χ0v) is 17.4. The molecular formula is C23H28O6. The second-order valence-electron chi connectivity index (χ2n) is 10.9. The molecule has 0 radical (unpaired) electrons. The molecule has 0 amide bonds. The molecule has 0 aromatic heterocycles. The minimum atomic E-state index is -1.53. The first-order valence-electron chi connectivity index (χ1n) is 10.6. The summed E-state index contributed by atoms with van der Waals surface area (Å²) in [5, 5.41) is 11.9. The number of aliphatic hydroxyl groups excluding tert-OH is 1. The fourth-order valence-corrected chi connectivity index (χ4v) is 8.23. The van der Waals surface area contributed by atoms with Gasteiger partial charge in [0.25, 0.3) is 0 Å². The van der Waals surface area contributed by atoms with Crippen LogP contribution < -0.4 is 0 Å². The van der Waals surface area contributed by atoms with Gasteiger partial charge in [0.05, 0.1) is 18.1 Å². The monoisotopic (exact) mass is 400 g/mol. The normalized spacial score (nSPS) is 55.6. The molecule has 7 rings (SSSR count). The number of allylic oxidation sites excluding steroid dienone is 2. The molecule has 4 bridgehead atoms. The van der Waals surface area contributed by atoms with Crippen LogP contribution in [0.2, 0.25) is 0 Å². The number of hydrogen-bond donors (Lipinski definition) is 1. The standard InChI is InChI=1S/C23H28O6/c1-11-12-6-7-13-21-10-27-23(17(26)15(21)19(2,3)9-8-14(21)24)22(13,16(11)25)18(12)28-20(4,5)29-23/h8-9,12-13,15,17-18,26H,1,6-7,10H2,2-5H3/t12-,13-,15+,17-,18+,21+,22-,23+/m0/s1. The van der Waals surface area contributed by atoms with Crippen molar-refractivity contribution in [2.24, 2.45) is 34.0 Å². The van der Waals surface area contributed by atoms with Gasteiger partial charge in [0.15, 0.2) is 17.4 Å². The van der Waals surface area contributed by atoms with Crippen LogP contribution in [0.4, 0.5) is 0 Å². The van der Waals surface area contributed by atoms with Gasteiger partial charge in [-0.2, -0.15) is 0 Å². The van der Waals surface area contributed by atoms with Crippen molar-refractivity contribution in [2.45, 2.75) is 64.3 Å². The maximum absolute atomic E-state index is 13.9. The number of carbonyl (C=O) groups is 2. The van der Waals surface area contributed by atoms with E-state index in [2.05, 4.69) is 6.58 Å². The molecule has 3 saturated carbocycles. The predicted octanol–water partition coefficient (Wildman–Crippen LogP) is 2.16. The molecule has 29 heavy (non-hydrogen) atoms. The lowest BCUT2D eigenvalue weighted by molar-refractivity contribution is -0.521. The number of ether oxygens (including phenoxy) is 3. The Kier molecular flexibility index (Phi) is 3.03. The van der Waals surface area contributed by atoms with Crippen LogP contribution in [-0.2, 0) is 23.8 Å². The van der Waals surface area contributed by atoms with Crippen LogP contribution in [0.5, 0.6) is 0 Å². The first kappa shape index (κ1) is 18.4. The lowest BCUT2D eigenvalue weighted by Gasteiger charge is -2.75. The SMILES string of the molecule is C=C1C(=O)[C@@]23[C@@H]4OC(C)(C)O[C@@]25OC[C@]2(C(=O)C=CC(C)(C)[C@H]2[C@@H]5O)[C@@H]3CC[C@@H]14. The maximum Gasteiger partial charge on any atom is 0.213 e. The summed E-state index contributed by atoms with van der Waals surface area (Å²) in [6.07, 6.45) is 3.33. The van der Waals surface area contributed by atoms with E-state index in [1.165, 1.54) is 0 Å². The van der Waals surface area contributed by atoms with E-state index in [1.54, 1.807) is 19.9 Å². The smallest absolute Gasteiger partial charge is 0.213 e. The molecule has 0 aromatic carbocycles. The summed E-state index contributed by atoms with van der Waals surface area (Å²) in [5.74, 6) is -3.61. The van der Waals surface area contributed by atoms with E-state index in [9.17, 15) is 14.7 Å². The number of ketones is 2. The lowest BCUT2D eigenvalue weighted by atomic mass is 9.36. The number of hydrogen-bond acceptors (Lipinski definition) is 6. The lowest BCUT2D eigenvalue weighted by Crippen LogP contribution is -2.88. The molecule has 3 spiro atoms. The van der Waals surface area contributed by atoms with Crippen LogP contribution in [0.3, 0.4) is 0 Å². The number of aliphatic hydroxyl groups is 1. The molecule has 1 N–H and O–H groups in total. The number of Topliss-reactive ketones (excluding diaryl/α,β-unsaturated/α-hetero) is 1. The third-order valence-corrected chi connectivity index (χ3v) is 8.96.